The highest BCUT2D eigenvalue weighted by Crippen LogP contribution is 2.21. The van der Waals surface area contributed by atoms with Crippen molar-refractivity contribution in [1.29, 1.82) is 0 Å². The van der Waals surface area contributed by atoms with Crippen LogP contribution in [0.1, 0.15) is 25.7 Å². The molecule has 0 aromatic carbocycles. The molecular weight excluding hydrogens is 311 g/mol. The molecule has 2 aliphatic heterocycles. The van der Waals surface area contributed by atoms with Crippen LogP contribution in [0.3, 0.4) is 0 Å². The van der Waals surface area contributed by atoms with Crippen LogP contribution < -0.4 is 10.6 Å². The highest BCUT2D eigenvalue weighted by molar-refractivity contribution is 5.91. The molecule has 2 N–H and O–H groups in total. The first-order valence-electron chi connectivity index (χ1n) is 6.76. The van der Waals surface area contributed by atoms with Gasteiger partial charge in [0.25, 0.3) is 0 Å². The maximum Gasteiger partial charge on any atom is 0.406 e. The van der Waals surface area contributed by atoms with E-state index >= 15 is 0 Å². The van der Waals surface area contributed by atoms with Gasteiger partial charge in [-0.25, -0.2) is 0 Å². The Labute approximate surface area is 127 Å². The summed E-state index contributed by atoms with van der Waals surface area (Å²) in [6, 6.07) is -1.17. The smallest absolute Gasteiger partial charge is 0.343 e. The van der Waals surface area contributed by atoms with Crippen LogP contribution in [0.4, 0.5) is 13.2 Å². The Kier molecular flexibility index (Phi) is 6.27. The third kappa shape index (κ3) is 5.03. The van der Waals surface area contributed by atoms with Crippen LogP contribution in [-0.2, 0) is 9.59 Å². The van der Waals surface area contributed by atoms with Crippen LogP contribution in [0.2, 0.25) is 0 Å². The molecule has 0 bridgehead atoms. The molecule has 9 heteroatoms. The van der Waals surface area contributed by atoms with Crippen LogP contribution in [0.15, 0.2) is 0 Å². The van der Waals surface area contributed by atoms with E-state index in [1.807, 2.05) is 0 Å². The quantitative estimate of drug-likeness (QED) is 0.806. The van der Waals surface area contributed by atoms with Gasteiger partial charge in [0.15, 0.2) is 0 Å². The summed E-state index contributed by atoms with van der Waals surface area (Å²) in [6.07, 6.45) is -1.54. The Morgan fingerprint density at radius 2 is 2.05 bits per heavy atom. The number of nitrogens with one attached hydrogen (secondary N) is 2. The molecule has 2 aliphatic rings. The fourth-order valence-corrected chi connectivity index (χ4v) is 2.59. The van der Waals surface area contributed by atoms with E-state index in [1.54, 1.807) is 0 Å². The molecule has 0 spiro atoms. The molecule has 2 saturated heterocycles. The third-order valence-electron chi connectivity index (χ3n) is 3.61. The third-order valence-corrected chi connectivity index (χ3v) is 3.61. The number of piperidine rings is 1. The molecule has 2 fully saturated rings. The van der Waals surface area contributed by atoms with Crippen LogP contribution in [0.25, 0.3) is 0 Å². The van der Waals surface area contributed by atoms with E-state index in [1.165, 1.54) is 0 Å². The topological polar surface area (TPSA) is 61.4 Å². The fraction of sp³-hybridized carbons (Fsp3) is 0.833. The van der Waals surface area contributed by atoms with Gasteiger partial charge in [0, 0.05) is 6.54 Å². The van der Waals surface area contributed by atoms with E-state index in [0.29, 0.717) is 6.42 Å². The number of rotatable bonds is 3. The van der Waals surface area contributed by atoms with Crippen molar-refractivity contribution in [3.05, 3.63) is 0 Å². The van der Waals surface area contributed by atoms with Crippen molar-refractivity contribution in [3.63, 3.8) is 0 Å². The van der Waals surface area contributed by atoms with Gasteiger partial charge in [-0.05, 0) is 25.8 Å². The van der Waals surface area contributed by atoms with E-state index in [2.05, 4.69) is 10.6 Å². The number of hydrogen-bond donors (Lipinski definition) is 2. The van der Waals surface area contributed by atoms with Crippen molar-refractivity contribution < 1.29 is 22.8 Å². The minimum atomic E-state index is -4.40. The van der Waals surface area contributed by atoms with Gasteiger partial charge in [0.1, 0.15) is 12.6 Å². The summed E-state index contributed by atoms with van der Waals surface area (Å²) in [5, 5.41) is 5.59. The summed E-state index contributed by atoms with van der Waals surface area (Å²) < 4.78 is 36.8. The Hall–Kier alpha value is -1.02. The number of halogens is 4. The van der Waals surface area contributed by atoms with E-state index in [0.717, 1.165) is 24.3 Å². The Morgan fingerprint density at radius 3 is 2.62 bits per heavy atom. The monoisotopic (exact) mass is 329 g/mol. The van der Waals surface area contributed by atoms with Crippen molar-refractivity contribution >= 4 is 24.2 Å². The second kappa shape index (κ2) is 7.31. The maximum absolute atomic E-state index is 12.3. The van der Waals surface area contributed by atoms with Crippen LogP contribution in [0, 0.1) is 0 Å². The molecule has 0 aromatic rings. The number of amides is 2. The zero-order valence-corrected chi connectivity index (χ0v) is 12.2. The largest absolute Gasteiger partial charge is 0.406 e. The number of carbonyl (C=O) groups excluding carboxylic acids is 2. The lowest BCUT2D eigenvalue weighted by molar-refractivity contribution is -0.158. The highest BCUT2D eigenvalue weighted by Gasteiger charge is 2.40. The molecule has 5 nitrogen and oxygen atoms in total. The minimum absolute atomic E-state index is 0. The molecule has 0 saturated carbocycles. The lowest BCUT2D eigenvalue weighted by Crippen LogP contribution is -2.51. The summed E-state index contributed by atoms with van der Waals surface area (Å²) in [5.41, 5.74) is 0. The Bertz CT molecular complexity index is 386. The van der Waals surface area contributed by atoms with Gasteiger partial charge in [-0.15, -0.1) is 12.4 Å². The van der Waals surface area contributed by atoms with Gasteiger partial charge in [-0.1, -0.05) is 6.42 Å². The SMILES string of the molecule is Cl.O=C(NC1CCN(CC(F)(F)F)C1=O)C1CCCCN1. The zero-order valence-electron chi connectivity index (χ0n) is 11.4. The fourth-order valence-electron chi connectivity index (χ4n) is 2.59. The lowest BCUT2D eigenvalue weighted by atomic mass is 10.0. The molecule has 2 amide bonds. The van der Waals surface area contributed by atoms with Gasteiger partial charge >= 0.3 is 6.18 Å². The summed E-state index contributed by atoms with van der Waals surface area (Å²) in [6.45, 7) is -0.474. The van der Waals surface area contributed by atoms with Gasteiger partial charge in [0.2, 0.25) is 11.8 Å². The second-order valence-electron chi connectivity index (χ2n) is 5.23. The Morgan fingerprint density at radius 1 is 1.33 bits per heavy atom. The average molecular weight is 330 g/mol. The molecular formula is C12H19ClF3N3O2. The van der Waals surface area contributed by atoms with E-state index in [-0.39, 0.29) is 37.3 Å². The van der Waals surface area contributed by atoms with Crippen LogP contribution >= 0.6 is 12.4 Å². The molecule has 2 heterocycles. The van der Waals surface area contributed by atoms with Crippen molar-refractivity contribution in [2.75, 3.05) is 19.6 Å². The summed E-state index contributed by atoms with van der Waals surface area (Å²) >= 11 is 0. The first-order chi connectivity index (χ1) is 9.37. The normalized spacial score (nSPS) is 26.4. The van der Waals surface area contributed by atoms with E-state index < -0.39 is 24.7 Å². The molecule has 2 atom stereocenters. The van der Waals surface area contributed by atoms with Crippen molar-refractivity contribution in [2.45, 2.75) is 43.9 Å². The summed E-state index contributed by atoms with van der Waals surface area (Å²) in [7, 11) is 0. The zero-order chi connectivity index (χ0) is 14.8. The minimum Gasteiger partial charge on any atom is -0.343 e. The molecule has 122 valence electrons. The number of hydrogen-bond acceptors (Lipinski definition) is 3. The first-order valence-corrected chi connectivity index (χ1v) is 6.76. The molecule has 21 heavy (non-hydrogen) atoms. The van der Waals surface area contributed by atoms with Crippen molar-refractivity contribution in [1.82, 2.24) is 15.5 Å². The predicted octanol–water partition coefficient (Wildman–Crippen LogP) is 0.830. The van der Waals surface area contributed by atoms with Crippen LogP contribution in [0.5, 0.6) is 0 Å². The van der Waals surface area contributed by atoms with Gasteiger partial charge in [0.05, 0.1) is 6.04 Å². The van der Waals surface area contributed by atoms with Crippen LogP contribution in [-0.4, -0.2) is 54.6 Å². The van der Waals surface area contributed by atoms with E-state index in [9.17, 15) is 22.8 Å². The number of carbonyl (C=O) groups is 2. The Balaban J connectivity index is 0.00000220. The maximum atomic E-state index is 12.3. The number of likely N-dealkylation sites (tertiary alicyclic amines) is 1. The summed E-state index contributed by atoms with van der Waals surface area (Å²) in [4.78, 5) is 24.5. The van der Waals surface area contributed by atoms with Crippen molar-refractivity contribution in [3.8, 4) is 0 Å². The molecule has 0 radical (unpaired) electrons. The number of nitrogens with zero attached hydrogens (tertiary/aromatic N) is 1. The number of alkyl halides is 3. The van der Waals surface area contributed by atoms with Gasteiger partial charge in [-0.2, -0.15) is 13.2 Å². The average Bonchev–Trinajstić information content (AvgIpc) is 2.71. The molecule has 0 aromatic heterocycles. The van der Waals surface area contributed by atoms with Gasteiger partial charge in [-0.3, -0.25) is 9.59 Å². The predicted molar refractivity (Wildman–Crippen MR) is 72.1 cm³/mol. The molecule has 2 rings (SSSR count). The standard InChI is InChI=1S/C12H18F3N3O2.ClH/c13-12(14,15)7-18-6-4-9(11(18)20)17-10(19)8-3-1-2-5-16-8;/h8-9,16H,1-7H2,(H,17,19);1H. The molecule has 0 aliphatic carbocycles. The lowest BCUT2D eigenvalue weighted by Gasteiger charge is -2.24. The first kappa shape index (κ1) is 18.0. The van der Waals surface area contributed by atoms with Gasteiger partial charge < -0.3 is 15.5 Å². The summed E-state index contributed by atoms with van der Waals surface area (Å²) in [5.74, 6) is -0.941. The molecule has 2 unspecified atom stereocenters. The highest BCUT2D eigenvalue weighted by atomic mass is 35.5. The second-order valence-corrected chi connectivity index (χ2v) is 5.23. The van der Waals surface area contributed by atoms with E-state index in [4.69, 9.17) is 0 Å². The van der Waals surface area contributed by atoms with Crippen molar-refractivity contribution in [2.24, 2.45) is 0 Å².